The first kappa shape index (κ1) is 13.8. The topological polar surface area (TPSA) is 42.0 Å². The Hall–Kier alpha value is -1.65. The number of carbonyl (C=O) groups excluding carboxylic acids is 1. The van der Waals surface area contributed by atoms with Crippen LogP contribution in [-0.4, -0.2) is 10.9 Å². The van der Waals surface area contributed by atoms with E-state index in [1.54, 1.807) is 13.0 Å². The number of nitrogens with zero attached hydrogens (tertiary/aromatic N) is 1. The monoisotopic (exact) mass is 298 g/mol. The van der Waals surface area contributed by atoms with Crippen molar-refractivity contribution in [2.45, 2.75) is 6.92 Å². The Kier molecular flexibility index (Phi) is 4.02. The molecular formula is C13H9Cl2FN2O. The number of aryl methyl sites for hydroxylation is 1. The second kappa shape index (κ2) is 5.55. The number of amides is 1. The summed E-state index contributed by atoms with van der Waals surface area (Å²) in [6.07, 6.45) is 0. The molecule has 98 valence electrons. The van der Waals surface area contributed by atoms with E-state index < -0.39 is 11.7 Å². The number of benzene rings is 1. The normalized spacial score (nSPS) is 10.3. The maximum atomic E-state index is 13.6. The zero-order valence-corrected chi connectivity index (χ0v) is 11.4. The molecule has 0 spiro atoms. The molecule has 19 heavy (non-hydrogen) atoms. The highest BCUT2D eigenvalue weighted by atomic mass is 35.5. The Balaban J connectivity index is 2.31. The zero-order chi connectivity index (χ0) is 14.0. The van der Waals surface area contributed by atoms with Crippen molar-refractivity contribution in [1.29, 1.82) is 0 Å². The van der Waals surface area contributed by atoms with Gasteiger partial charge in [0.15, 0.2) is 0 Å². The van der Waals surface area contributed by atoms with Crippen molar-refractivity contribution in [3.63, 3.8) is 0 Å². The molecule has 0 aliphatic heterocycles. The predicted octanol–water partition coefficient (Wildman–Crippen LogP) is 4.09. The summed E-state index contributed by atoms with van der Waals surface area (Å²) < 4.78 is 13.6. The summed E-state index contributed by atoms with van der Waals surface area (Å²) in [5.74, 6) is -1.31. The van der Waals surface area contributed by atoms with Crippen LogP contribution in [0.1, 0.15) is 16.1 Å². The quantitative estimate of drug-likeness (QED) is 0.849. The van der Waals surface area contributed by atoms with Crippen LogP contribution >= 0.6 is 23.2 Å². The highest BCUT2D eigenvalue weighted by Crippen LogP contribution is 2.22. The van der Waals surface area contributed by atoms with Gasteiger partial charge in [-0.15, -0.1) is 0 Å². The standard InChI is InChI=1S/C13H9Cl2FN2O/c1-7-10(5-6-11(15)17-7)18-13(19)12-8(14)3-2-4-9(12)16/h2-6H,1H3,(H,18,19). The molecule has 1 N–H and O–H groups in total. The molecule has 1 aromatic heterocycles. The van der Waals surface area contributed by atoms with Crippen LogP contribution in [0.3, 0.4) is 0 Å². The molecule has 0 bridgehead atoms. The summed E-state index contributed by atoms with van der Waals surface area (Å²) in [5.41, 5.74) is 0.792. The average Bonchev–Trinajstić information content (AvgIpc) is 2.32. The van der Waals surface area contributed by atoms with Crippen molar-refractivity contribution in [2.24, 2.45) is 0 Å². The van der Waals surface area contributed by atoms with Gasteiger partial charge < -0.3 is 5.32 Å². The first-order valence-corrected chi connectivity index (χ1v) is 6.13. The first-order valence-electron chi connectivity index (χ1n) is 5.37. The van der Waals surface area contributed by atoms with Gasteiger partial charge in [-0.2, -0.15) is 0 Å². The second-order valence-corrected chi connectivity index (χ2v) is 4.61. The van der Waals surface area contributed by atoms with Gasteiger partial charge in [0.1, 0.15) is 11.0 Å². The van der Waals surface area contributed by atoms with E-state index in [9.17, 15) is 9.18 Å². The molecule has 0 unspecified atom stereocenters. The van der Waals surface area contributed by atoms with E-state index in [4.69, 9.17) is 23.2 Å². The number of hydrogen-bond donors (Lipinski definition) is 1. The molecule has 2 rings (SSSR count). The Morgan fingerprint density at radius 2 is 2.00 bits per heavy atom. The van der Waals surface area contributed by atoms with Crippen LogP contribution in [-0.2, 0) is 0 Å². The van der Waals surface area contributed by atoms with Gasteiger partial charge >= 0.3 is 0 Å². The molecule has 0 saturated heterocycles. The van der Waals surface area contributed by atoms with E-state index in [1.807, 2.05) is 0 Å². The van der Waals surface area contributed by atoms with Gasteiger partial charge in [0.05, 0.1) is 22.0 Å². The maximum absolute atomic E-state index is 13.6. The summed E-state index contributed by atoms with van der Waals surface area (Å²) in [5, 5.41) is 2.92. The minimum absolute atomic E-state index is 0.0528. The highest BCUT2D eigenvalue weighted by molar-refractivity contribution is 6.34. The van der Waals surface area contributed by atoms with Crippen LogP contribution in [0.4, 0.5) is 10.1 Å². The van der Waals surface area contributed by atoms with Gasteiger partial charge in [-0.1, -0.05) is 29.3 Å². The second-order valence-electron chi connectivity index (χ2n) is 3.82. The molecule has 1 heterocycles. The number of anilines is 1. The minimum atomic E-state index is -0.676. The van der Waals surface area contributed by atoms with E-state index in [0.717, 1.165) is 0 Å². The van der Waals surface area contributed by atoms with E-state index in [1.165, 1.54) is 24.3 Å². The van der Waals surface area contributed by atoms with Gasteiger partial charge in [-0.25, -0.2) is 9.37 Å². The summed E-state index contributed by atoms with van der Waals surface area (Å²) in [4.78, 5) is 16.0. The lowest BCUT2D eigenvalue weighted by Gasteiger charge is -2.09. The van der Waals surface area contributed by atoms with Gasteiger partial charge in [-0.3, -0.25) is 4.79 Å². The van der Waals surface area contributed by atoms with E-state index in [0.29, 0.717) is 16.5 Å². The molecular weight excluding hydrogens is 290 g/mol. The van der Waals surface area contributed by atoms with Crippen LogP contribution in [0.2, 0.25) is 10.2 Å². The lowest BCUT2D eigenvalue weighted by molar-refractivity contribution is 0.102. The van der Waals surface area contributed by atoms with Crippen molar-refractivity contribution in [3.8, 4) is 0 Å². The van der Waals surface area contributed by atoms with Crippen LogP contribution < -0.4 is 5.32 Å². The summed E-state index contributed by atoms with van der Waals surface area (Å²) in [7, 11) is 0. The molecule has 1 aromatic carbocycles. The van der Waals surface area contributed by atoms with Crippen molar-refractivity contribution in [3.05, 3.63) is 57.6 Å². The number of hydrogen-bond acceptors (Lipinski definition) is 2. The van der Waals surface area contributed by atoms with E-state index in [2.05, 4.69) is 10.3 Å². The van der Waals surface area contributed by atoms with Crippen LogP contribution in [0.15, 0.2) is 30.3 Å². The Bertz CT molecular complexity index is 626. The van der Waals surface area contributed by atoms with Gasteiger partial charge in [-0.05, 0) is 31.2 Å². The Morgan fingerprint density at radius 3 is 2.63 bits per heavy atom. The molecule has 3 nitrogen and oxygen atoms in total. The number of halogens is 3. The number of pyridine rings is 1. The summed E-state index contributed by atoms with van der Waals surface area (Å²) >= 11 is 11.5. The third kappa shape index (κ3) is 3.03. The number of rotatable bonds is 2. The fraction of sp³-hybridized carbons (Fsp3) is 0.0769. The summed E-state index contributed by atoms with van der Waals surface area (Å²) in [6, 6.07) is 7.19. The lowest BCUT2D eigenvalue weighted by atomic mass is 10.2. The third-order valence-electron chi connectivity index (χ3n) is 2.49. The maximum Gasteiger partial charge on any atom is 0.260 e. The minimum Gasteiger partial charge on any atom is -0.320 e. The molecule has 0 aliphatic rings. The zero-order valence-electron chi connectivity index (χ0n) is 9.88. The largest absolute Gasteiger partial charge is 0.320 e. The molecule has 0 aliphatic carbocycles. The van der Waals surface area contributed by atoms with Crippen LogP contribution in [0.25, 0.3) is 0 Å². The third-order valence-corrected chi connectivity index (χ3v) is 3.02. The molecule has 0 saturated carbocycles. The summed E-state index contributed by atoms with van der Waals surface area (Å²) in [6.45, 7) is 1.68. The van der Waals surface area contributed by atoms with E-state index in [-0.39, 0.29) is 10.6 Å². The van der Waals surface area contributed by atoms with Crippen molar-refractivity contribution in [2.75, 3.05) is 5.32 Å². The Labute approximate surface area is 119 Å². The molecule has 2 aromatic rings. The fourth-order valence-electron chi connectivity index (χ4n) is 1.56. The van der Waals surface area contributed by atoms with Crippen molar-refractivity contribution >= 4 is 34.8 Å². The van der Waals surface area contributed by atoms with E-state index >= 15 is 0 Å². The first-order chi connectivity index (χ1) is 8.99. The van der Waals surface area contributed by atoms with Crippen molar-refractivity contribution in [1.82, 2.24) is 4.98 Å². The van der Waals surface area contributed by atoms with Gasteiger partial charge in [0.2, 0.25) is 0 Å². The smallest absolute Gasteiger partial charge is 0.260 e. The number of carbonyl (C=O) groups is 1. The Morgan fingerprint density at radius 1 is 1.26 bits per heavy atom. The van der Waals surface area contributed by atoms with Crippen LogP contribution in [0, 0.1) is 12.7 Å². The van der Waals surface area contributed by atoms with Crippen LogP contribution in [0.5, 0.6) is 0 Å². The number of aromatic nitrogens is 1. The molecule has 0 fully saturated rings. The SMILES string of the molecule is Cc1nc(Cl)ccc1NC(=O)c1c(F)cccc1Cl. The molecule has 1 amide bonds. The van der Waals surface area contributed by atoms with Crippen molar-refractivity contribution < 1.29 is 9.18 Å². The molecule has 0 atom stereocenters. The average molecular weight is 299 g/mol. The molecule has 6 heteroatoms. The van der Waals surface area contributed by atoms with Gasteiger partial charge in [0.25, 0.3) is 5.91 Å². The predicted molar refractivity (Wildman–Crippen MR) is 73.3 cm³/mol. The van der Waals surface area contributed by atoms with Gasteiger partial charge in [0, 0.05) is 0 Å². The lowest BCUT2D eigenvalue weighted by Crippen LogP contribution is -2.15. The highest BCUT2D eigenvalue weighted by Gasteiger charge is 2.16. The molecule has 0 radical (unpaired) electrons. The number of nitrogens with one attached hydrogen (secondary N) is 1. The fourth-order valence-corrected chi connectivity index (χ4v) is 2.00.